The predicted molar refractivity (Wildman–Crippen MR) is 145 cm³/mol. The molecular weight excluding hydrogens is 509 g/mol. The average molecular weight is 531 g/mol. The van der Waals surface area contributed by atoms with Crippen molar-refractivity contribution in [2.24, 2.45) is 0 Å². The third-order valence-corrected chi connectivity index (χ3v) is 8.36. The zero-order valence-corrected chi connectivity index (χ0v) is 21.3. The molecule has 3 aromatic carbocycles. The van der Waals surface area contributed by atoms with Gasteiger partial charge in [-0.05, 0) is 35.9 Å². The molecule has 1 aliphatic heterocycles. The van der Waals surface area contributed by atoms with Crippen molar-refractivity contribution >= 4 is 73.5 Å². The van der Waals surface area contributed by atoms with Gasteiger partial charge in [0.15, 0.2) is 0 Å². The second kappa shape index (κ2) is 10.1. The molecule has 1 fully saturated rings. The first-order valence-corrected chi connectivity index (χ1v) is 12.9. The van der Waals surface area contributed by atoms with E-state index < -0.39 is 0 Å². The molecule has 1 amide bonds. The van der Waals surface area contributed by atoms with E-state index in [0.717, 1.165) is 59.1 Å². The van der Waals surface area contributed by atoms with Crippen molar-refractivity contribution in [1.82, 2.24) is 4.90 Å². The quantitative estimate of drug-likeness (QED) is 0.291. The third kappa shape index (κ3) is 4.90. The van der Waals surface area contributed by atoms with Gasteiger partial charge in [0.2, 0.25) is 0 Å². The highest BCUT2D eigenvalue weighted by molar-refractivity contribution is 7.21. The van der Waals surface area contributed by atoms with E-state index in [1.54, 1.807) is 6.07 Å². The molecule has 1 aliphatic rings. The van der Waals surface area contributed by atoms with Crippen LogP contribution in [0, 0.1) is 0 Å². The van der Waals surface area contributed by atoms with Crippen molar-refractivity contribution in [2.45, 2.75) is 6.54 Å². The maximum absolute atomic E-state index is 12.9. The Balaban J connectivity index is 1.23. The van der Waals surface area contributed by atoms with Crippen molar-refractivity contribution in [1.29, 1.82) is 0 Å². The Morgan fingerprint density at radius 2 is 1.62 bits per heavy atom. The van der Waals surface area contributed by atoms with Gasteiger partial charge >= 0.3 is 0 Å². The van der Waals surface area contributed by atoms with Crippen LogP contribution < -0.4 is 10.2 Å². The molecule has 1 aromatic heterocycles. The minimum Gasteiger partial charge on any atom is -0.368 e. The molecule has 2 heterocycles. The van der Waals surface area contributed by atoms with E-state index in [1.807, 2.05) is 54.6 Å². The highest BCUT2D eigenvalue weighted by Crippen LogP contribution is 2.36. The lowest BCUT2D eigenvalue weighted by molar-refractivity contribution is 0.103. The first kappa shape index (κ1) is 23.5. The van der Waals surface area contributed by atoms with Gasteiger partial charge < -0.3 is 10.2 Å². The number of carbonyl (C=O) groups excluding carboxylic acids is 1. The summed E-state index contributed by atoms with van der Waals surface area (Å²) in [5, 5.41) is 5.72. The molecule has 4 nitrogen and oxygen atoms in total. The van der Waals surface area contributed by atoms with E-state index in [4.69, 9.17) is 34.8 Å². The van der Waals surface area contributed by atoms with Crippen molar-refractivity contribution in [2.75, 3.05) is 36.4 Å². The van der Waals surface area contributed by atoms with Gasteiger partial charge in [0.1, 0.15) is 4.88 Å². The fraction of sp³-hybridized carbons (Fsp3) is 0.192. The third-order valence-electron chi connectivity index (χ3n) is 6.01. The molecule has 0 saturated carbocycles. The van der Waals surface area contributed by atoms with Crippen LogP contribution in [0.4, 0.5) is 11.4 Å². The maximum Gasteiger partial charge on any atom is 0.267 e. The summed E-state index contributed by atoms with van der Waals surface area (Å²) >= 11 is 20.8. The number of hydrogen-bond donors (Lipinski definition) is 1. The zero-order valence-electron chi connectivity index (χ0n) is 18.2. The number of nitrogens with one attached hydrogen (secondary N) is 1. The van der Waals surface area contributed by atoms with E-state index in [1.165, 1.54) is 11.3 Å². The molecule has 174 valence electrons. The van der Waals surface area contributed by atoms with Crippen LogP contribution in [-0.4, -0.2) is 37.0 Å². The van der Waals surface area contributed by atoms with Gasteiger partial charge in [-0.3, -0.25) is 9.69 Å². The normalized spacial score (nSPS) is 14.5. The number of halogens is 3. The van der Waals surface area contributed by atoms with Gasteiger partial charge in [0.05, 0.1) is 15.7 Å². The molecule has 1 N–H and O–H groups in total. The average Bonchev–Trinajstić information content (AvgIpc) is 3.18. The molecule has 0 unspecified atom stereocenters. The van der Waals surface area contributed by atoms with Crippen LogP contribution in [0.5, 0.6) is 0 Å². The number of benzene rings is 3. The number of fused-ring (bicyclic) bond motifs is 1. The highest BCUT2D eigenvalue weighted by atomic mass is 35.5. The smallest absolute Gasteiger partial charge is 0.267 e. The van der Waals surface area contributed by atoms with Gasteiger partial charge in [-0.25, -0.2) is 0 Å². The second-order valence-corrected chi connectivity index (χ2v) is 10.5. The first-order chi connectivity index (χ1) is 16.5. The lowest BCUT2D eigenvalue weighted by Crippen LogP contribution is -2.46. The largest absolute Gasteiger partial charge is 0.368 e. The molecule has 0 bridgehead atoms. The Hall–Kier alpha value is -2.28. The minimum absolute atomic E-state index is 0.233. The van der Waals surface area contributed by atoms with Gasteiger partial charge in [-0.15, -0.1) is 11.3 Å². The number of hydrogen-bond acceptors (Lipinski definition) is 4. The molecule has 5 rings (SSSR count). The van der Waals surface area contributed by atoms with E-state index in [9.17, 15) is 4.79 Å². The summed E-state index contributed by atoms with van der Waals surface area (Å²) in [6.45, 7) is 4.42. The highest BCUT2D eigenvalue weighted by Gasteiger charge is 2.21. The molecule has 1 saturated heterocycles. The topological polar surface area (TPSA) is 35.6 Å². The lowest BCUT2D eigenvalue weighted by Gasteiger charge is -2.36. The number of anilines is 2. The standard InChI is InChI=1S/C26H22Cl3N3OS/c27-20-7-3-1-5-17(20)16-31-11-13-32(14-12-31)22-10-9-18(15-21(22)28)30-26(33)25-24(29)19-6-2-4-8-23(19)34-25/h1-10,15H,11-14,16H2,(H,30,33). The summed E-state index contributed by atoms with van der Waals surface area (Å²) in [5.74, 6) is -0.233. The molecule has 34 heavy (non-hydrogen) atoms. The van der Waals surface area contributed by atoms with Crippen LogP contribution in [0.1, 0.15) is 15.2 Å². The molecule has 4 aromatic rings. The summed E-state index contributed by atoms with van der Waals surface area (Å²) in [6.07, 6.45) is 0. The fourth-order valence-corrected chi connectivity index (χ4v) is 6.11. The van der Waals surface area contributed by atoms with Crippen molar-refractivity contribution in [3.8, 4) is 0 Å². The number of piperazine rings is 1. The van der Waals surface area contributed by atoms with E-state index in [-0.39, 0.29) is 5.91 Å². The number of rotatable bonds is 5. The molecule has 0 aliphatic carbocycles. The minimum atomic E-state index is -0.233. The van der Waals surface area contributed by atoms with Gasteiger partial charge in [-0.2, -0.15) is 0 Å². The van der Waals surface area contributed by atoms with Crippen molar-refractivity contribution in [3.05, 3.63) is 92.2 Å². The fourth-order valence-electron chi connectivity index (χ4n) is 4.20. The Morgan fingerprint density at radius 3 is 2.35 bits per heavy atom. The monoisotopic (exact) mass is 529 g/mol. The summed E-state index contributed by atoms with van der Waals surface area (Å²) in [7, 11) is 0. The number of amides is 1. The molecule has 0 atom stereocenters. The van der Waals surface area contributed by atoms with Crippen LogP contribution in [0.3, 0.4) is 0 Å². The van der Waals surface area contributed by atoms with E-state index >= 15 is 0 Å². The maximum atomic E-state index is 12.9. The Bertz CT molecular complexity index is 1350. The SMILES string of the molecule is O=C(Nc1ccc(N2CCN(Cc3ccccc3Cl)CC2)c(Cl)c1)c1sc2ccccc2c1Cl. The predicted octanol–water partition coefficient (Wildman–Crippen LogP) is 7.44. The second-order valence-electron chi connectivity index (χ2n) is 8.22. The number of thiophene rings is 1. The zero-order chi connectivity index (χ0) is 23.7. The number of nitrogens with zero attached hydrogens (tertiary/aromatic N) is 2. The summed E-state index contributed by atoms with van der Waals surface area (Å²) in [4.78, 5) is 18.0. The van der Waals surface area contributed by atoms with Crippen molar-refractivity contribution < 1.29 is 4.79 Å². The van der Waals surface area contributed by atoms with Crippen LogP contribution in [-0.2, 0) is 6.54 Å². The van der Waals surface area contributed by atoms with Crippen molar-refractivity contribution in [3.63, 3.8) is 0 Å². The molecule has 0 radical (unpaired) electrons. The van der Waals surface area contributed by atoms with Gasteiger partial charge in [0, 0.05) is 53.5 Å². The van der Waals surface area contributed by atoms with E-state index in [2.05, 4.69) is 21.2 Å². The van der Waals surface area contributed by atoms with Gasteiger partial charge in [0.25, 0.3) is 5.91 Å². The first-order valence-electron chi connectivity index (χ1n) is 11.0. The Labute approximate surface area is 217 Å². The van der Waals surface area contributed by atoms with Crippen LogP contribution >= 0.6 is 46.1 Å². The van der Waals surface area contributed by atoms with Crippen LogP contribution in [0.15, 0.2) is 66.7 Å². The Kier molecular flexibility index (Phi) is 7.00. The Morgan fingerprint density at radius 1 is 0.882 bits per heavy atom. The number of carbonyl (C=O) groups is 1. The van der Waals surface area contributed by atoms with E-state index in [0.29, 0.717) is 20.6 Å². The lowest BCUT2D eigenvalue weighted by atomic mass is 10.2. The van der Waals surface area contributed by atoms with Gasteiger partial charge in [-0.1, -0.05) is 71.2 Å². The molecular formula is C26H22Cl3N3OS. The summed E-state index contributed by atoms with van der Waals surface area (Å²) < 4.78 is 0.986. The van der Waals surface area contributed by atoms with Crippen LogP contribution in [0.2, 0.25) is 15.1 Å². The summed E-state index contributed by atoms with van der Waals surface area (Å²) in [5.41, 5.74) is 2.76. The van der Waals surface area contributed by atoms with Crippen LogP contribution in [0.25, 0.3) is 10.1 Å². The molecule has 8 heteroatoms. The molecule has 0 spiro atoms. The summed E-state index contributed by atoms with van der Waals surface area (Å²) in [6, 6.07) is 21.4.